The van der Waals surface area contributed by atoms with Gasteiger partial charge >= 0.3 is 12.0 Å². The van der Waals surface area contributed by atoms with E-state index >= 15 is 0 Å². The summed E-state index contributed by atoms with van der Waals surface area (Å²) in [6.07, 6.45) is 5.14. The minimum atomic E-state index is -0.858. The molecule has 0 heterocycles. The summed E-state index contributed by atoms with van der Waals surface area (Å²) in [4.78, 5) is 34.7. The van der Waals surface area contributed by atoms with Crippen molar-refractivity contribution in [1.29, 1.82) is 0 Å². The summed E-state index contributed by atoms with van der Waals surface area (Å²) in [6.45, 7) is 0. The zero-order valence-electron chi connectivity index (χ0n) is 13.5. The molecular formula is C17H23N3O4. The standard InChI is InChI=1S/C17H23N3O4/c18-17(24)19-12-9-7-11(8-10-12)15(21)20-14-6-4-2-1-3-5-13(14)16(22)23/h7-10,13-14H,1-6H2,(H,20,21)(H,22,23)(H3,18,19,24). The van der Waals surface area contributed by atoms with Crippen LogP contribution in [0.5, 0.6) is 0 Å². The van der Waals surface area contributed by atoms with Crippen LogP contribution in [-0.2, 0) is 4.79 Å². The van der Waals surface area contributed by atoms with Gasteiger partial charge < -0.3 is 21.5 Å². The Kier molecular flexibility index (Phi) is 6.17. The van der Waals surface area contributed by atoms with Gasteiger partial charge in [-0.25, -0.2) is 4.79 Å². The quantitative estimate of drug-likeness (QED) is 0.675. The number of amides is 3. The second-order valence-corrected chi connectivity index (χ2v) is 6.08. The van der Waals surface area contributed by atoms with Crippen LogP contribution in [0.15, 0.2) is 24.3 Å². The molecule has 1 aromatic rings. The number of urea groups is 1. The van der Waals surface area contributed by atoms with Gasteiger partial charge in [-0.2, -0.15) is 0 Å². The highest BCUT2D eigenvalue weighted by molar-refractivity contribution is 5.95. The third-order valence-corrected chi connectivity index (χ3v) is 4.31. The molecule has 2 rings (SSSR count). The Labute approximate surface area is 140 Å². The largest absolute Gasteiger partial charge is 0.481 e. The van der Waals surface area contributed by atoms with Crippen LogP contribution in [0.1, 0.15) is 48.9 Å². The van der Waals surface area contributed by atoms with Crippen LogP contribution in [0, 0.1) is 5.92 Å². The zero-order chi connectivity index (χ0) is 17.5. The maximum absolute atomic E-state index is 12.4. The van der Waals surface area contributed by atoms with Crippen LogP contribution < -0.4 is 16.4 Å². The van der Waals surface area contributed by atoms with Gasteiger partial charge in [-0.1, -0.05) is 25.7 Å². The lowest BCUT2D eigenvalue weighted by atomic mass is 9.86. The molecule has 1 aliphatic rings. The number of rotatable bonds is 4. The van der Waals surface area contributed by atoms with Crippen LogP contribution in [0.4, 0.5) is 10.5 Å². The van der Waals surface area contributed by atoms with Crippen LogP contribution in [-0.4, -0.2) is 29.1 Å². The summed E-state index contributed by atoms with van der Waals surface area (Å²) in [5.74, 6) is -1.72. The number of primary amides is 1. The topological polar surface area (TPSA) is 122 Å². The predicted molar refractivity (Wildman–Crippen MR) is 89.7 cm³/mol. The molecule has 2 unspecified atom stereocenters. The van der Waals surface area contributed by atoms with Crippen molar-refractivity contribution in [2.75, 3.05) is 5.32 Å². The average molecular weight is 333 g/mol. The van der Waals surface area contributed by atoms with Gasteiger partial charge in [-0.15, -0.1) is 0 Å². The molecule has 5 N–H and O–H groups in total. The first-order valence-electron chi connectivity index (χ1n) is 8.17. The Hall–Kier alpha value is -2.57. The maximum Gasteiger partial charge on any atom is 0.316 e. The molecule has 2 atom stereocenters. The number of aliphatic carboxylic acids is 1. The van der Waals surface area contributed by atoms with Crippen LogP contribution in [0.3, 0.4) is 0 Å². The molecule has 0 spiro atoms. The monoisotopic (exact) mass is 333 g/mol. The Morgan fingerprint density at radius 2 is 1.62 bits per heavy atom. The van der Waals surface area contributed by atoms with E-state index in [2.05, 4.69) is 10.6 Å². The van der Waals surface area contributed by atoms with E-state index in [0.29, 0.717) is 24.1 Å². The van der Waals surface area contributed by atoms with Crippen LogP contribution in [0.25, 0.3) is 0 Å². The number of carbonyl (C=O) groups is 3. The molecule has 0 saturated heterocycles. The third kappa shape index (κ3) is 4.97. The van der Waals surface area contributed by atoms with Crippen molar-refractivity contribution >= 4 is 23.6 Å². The highest BCUT2D eigenvalue weighted by Crippen LogP contribution is 2.23. The molecule has 3 amide bonds. The first-order chi connectivity index (χ1) is 11.5. The third-order valence-electron chi connectivity index (χ3n) is 4.31. The van der Waals surface area contributed by atoms with Gasteiger partial charge in [-0.3, -0.25) is 9.59 Å². The molecule has 7 nitrogen and oxygen atoms in total. The van der Waals surface area contributed by atoms with E-state index in [1.807, 2.05) is 0 Å². The highest BCUT2D eigenvalue weighted by atomic mass is 16.4. The van der Waals surface area contributed by atoms with Crippen molar-refractivity contribution in [1.82, 2.24) is 5.32 Å². The molecule has 130 valence electrons. The zero-order valence-corrected chi connectivity index (χ0v) is 13.5. The number of carboxylic acids is 1. The van der Waals surface area contributed by atoms with Gasteiger partial charge in [0.15, 0.2) is 0 Å². The van der Waals surface area contributed by atoms with E-state index in [-0.39, 0.29) is 11.9 Å². The normalized spacial score (nSPS) is 21.2. The number of carbonyl (C=O) groups excluding carboxylic acids is 2. The van der Waals surface area contributed by atoms with E-state index in [0.717, 1.165) is 25.7 Å². The maximum atomic E-state index is 12.4. The molecule has 24 heavy (non-hydrogen) atoms. The van der Waals surface area contributed by atoms with E-state index in [4.69, 9.17) is 5.73 Å². The number of nitrogens with one attached hydrogen (secondary N) is 2. The number of benzene rings is 1. The predicted octanol–water partition coefficient (Wildman–Crippen LogP) is 2.33. The summed E-state index contributed by atoms with van der Waals surface area (Å²) < 4.78 is 0. The fourth-order valence-corrected chi connectivity index (χ4v) is 3.05. The summed E-state index contributed by atoms with van der Waals surface area (Å²) in [5.41, 5.74) is 5.94. The molecule has 1 saturated carbocycles. The number of carboxylic acid groups (broad SMARTS) is 1. The Bertz CT molecular complexity index is 600. The summed E-state index contributed by atoms with van der Waals surface area (Å²) >= 11 is 0. The minimum absolute atomic E-state index is 0.308. The first-order valence-corrected chi connectivity index (χ1v) is 8.17. The van der Waals surface area contributed by atoms with Gasteiger partial charge in [0.25, 0.3) is 5.91 Å². The van der Waals surface area contributed by atoms with E-state index in [1.54, 1.807) is 24.3 Å². The molecule has 1 aromatic carbocycles. The van der Waals surface area contributed by atoms with Crippen molar-refractivity contribution in [2.24, 2.45) is 11.7 Å². The van der Waals surface area contributed by atoms with Crippen LogP contribution >= 0.6 is 0 Å². The molecule has 7 heteroatoms. The van der Waals surface area contributed by atoms with Gasteiger partial charge in [-0.05, 0) is 37.1 Å². The van der Waals surface area contributed by atoms with Crippen molar-refractivity contribution < 1.29 is 19.5 Å². The van der Waals surface area contributed by atoms with Crippen LogP contribution in [0.2, 0.25) is 0 Å². The van der Waals surface area contributed by atoms with Crippen molar-refractivity contribution in [2.45, 2.75) is 44.6 Å². The van der Waals surface area contributed by atoms with E-state index < -0.39 is 17.9 Å². The Morgan fingerprint density at radius 3 is 2.21 bits per heavy atom. The van der Waals surface area contributed by atoms with Crippen molar-refractivity contribution in [3.05, 3.63) is 29.8 Å². The van der Waals surface area contributed by atoms with Crippen molar-refractivity contribution in [3.63, 3.8) is 0 Å². The summed E-state index contributed by atoms with van der Waals surface area (Å²) in [5, 5.41) is 14.7. The molecular weight excluding hydrogens is 310 g/mol. The summed E-state index contributed by atoms with van der Waals surface area (Å²) in [7, 11) is 0. The lowest BCUT2D eigenvalue weighted by Gasteiger charge is -2.27. The lowest BCUT2D eigenvalue weighted by molar-refractivity contribution is -0.143. The highest BCUT2D eigenvalue weighted by Gasteiger charge is 2.30. The average Bonchev–Trinajstić information content (AvgIpc) is 2.49. The SMILES string of the molecule is NC(=O)Nc1ccc(C(=O)NC2CCCCCCC2C(=O)O)cc1. The number of hydrogen-bond acceptors (Lipinski definition) is 3. The second kappa shape index (κ2) is 8.33. The number of nitrogens with two attached hydrogens (primary N) is 1. The van der Waals surface area contributed by atoms with Gasteiger partial charge in [0.2, 0.25) is 0 Å². The minimum Gasteiger partial charge on any atom is -0.481 e. The van der Waals surface area contributed by atoms with Gasteiger partial charge in [0.05, 0.1) is 5.92 Å². The molecule has 1 aliphatic carbocycles. The number of anilines is 1. The van der Waals surface area contributed by atoms with E-state index in [9.17, 15) is 19.5 Å². The molecule has 0 bridgehead atoms. The number of hydrogen-bond donors (Lipinski definition) is 4. The smallest absolute Gasteiger partial charge is 0.316 e. The second-order valence-electron chi connectivity index (χ2n) is 6.08. The van der Waals surface area contributed by atoms with Gasteiger partial charge in [0.1, 0.15) is 0 Å². The first kappa shape index (κ1) is 17.8. The van der Waals surface area contributed by atoms with Crippen molar-refractivity contribution in [3.8, 4) is 0 Å². The Balaban J connectivity index is 2.05. The van der Waals surface area contributed by atoms with E-state index in [1.165, 1.54) is 0 Å². The Morgan fingerprint density at radius 1 is 1.00 bits per heavy atom. The summed E-state index contributed by atoms with van der Waals surface area (Å²) in [6, 6.07) is 5.25. The lowest BCUT2D eigenvalue weighted by Crippen LogP contribution is -2.43. The van der Waals surface area contributed by atoms with Gasteiger partial charge in [0, 0.05) is 17.3 Å². The fraction of sp³-hybridized carbons (Fsp3) is 0.471. The molecule has 1 fully saturated rings. The molecule has 0 radical (unpaired) electrons. The fourth-order valence-electron chi connectivity index (χ4n) is 3.05. The molecule has 0 aliphatic heterocycles. The molecule has 0 aromatic heterocycles.